The van der Waals surface area contributed by atoms with E-state index >= 15 is 0 Å². The van der Waals surface area contributed by atoms with Crippen molar-refractivity contribution in [1.29, 1.82) is 0 Å². The van der Waals surface area contributed by atoms with Crippen molar-refractivity contribution in [3.8, 4) is 22.5 Å². The Kier molecular flexibility index (Phi) is 5.10. The van der Waals surface area contributed by atoms with Gasteiger partial charge in [-0.15, -0.1) is 0 Å². The van der Waals surface area contributed by atoms with E-state index < -0.39 is 0 Å². The molecular weight excluding hydrogens is 460 g/mol. The molecule has 1 amide bonds. The Bertz CT molecular complexity index is 1680. The Morgan fingerprint density at radius 2 is 1.78 bits per heavy atom. The van der Waals surface area contributed by atoms with Crippen molar-refractivity contribution in [2.45, 2.75) is 25.8 Å². The van der Waals surface area contributed by atoms with Gasteiger partial charge in [-0.3, -0.25) is 4.79 Å². The third kappa shape index (κ3) is 3.97. The maximum absolute atomic E-state index is 12.6. The second-order valence-electron chi connectivity index (χ2n) is 10.3. The molecule has 0 spiro atoms. The average molecular weight is 487 g/mol. The zero-order valence-electron chi connectivity index (χ0n) is 20.4. The number of imidazole rings is 1. The van der Waals surface area contributed by atoms with Crippen molar-refractivity contribution < 1.29 is 9.21 Å². The van der Waals surface area contributed by atoms with Crippen LogP contribution in [0.3, 0.4) is 0 Å². The topological polar surface area (TPSA) is 55.6 Å². The summed E-state index contributed by atoms with van der Waals surface area (Å²) in [6, 6.07) is 22.5. The number of nitrogens with zero attached hydrogens (tertiary/aromatic N) is 4. The van der Waals surface area contributed by atoms with Gasteiger partial charge in [0.1, 0.15) is 11.4 Å². The molecule has 1 aliphatic carbocycles. The summed E-state index contributed by atoms with van der Waals surface area (Å²) in [6.45, 7) is 9.88. The van der Waals surface area contributed by atoms with Crippen LogP contribution in [0.15, 0.2) is 77.4 Å². The third-order valence-corrected chi connectivity index (χ3v) is 7.75. The maximum atomic E-state index is 12.6. The van der Waals surface area contributed by atoms with Crippen LogP contribution in [0.2, 0.25) is 0 Å². The van der Waals surface area contributed by atoms with Crippen LogP contribution in [-0.2, 0) is 11.3 Å². The summed E-state index contributed by atoms with van der Waals surface area (Å²) < 4.78 is 7.76. The molecule has 2 aromatic heterocycles. The van der Waals surface area contributed by atoms with Crippen LogP contribution < -0.4 is 0 Å². The molecule has 3 aromatic carbocycles. The van der Waals surface area contributed by atoms with Gasteiger partial charge in [0.05, 0.1) is 23.9 Å². The number of aromatic nitrogens is 2. The third-order valence-electron chi connectivity index (χ3n) is 7.75. The molecule has 1 saturated carbocycles. The molecule has 0 radical (unpaired) electrons. The van der Waals surface area contributed by atoms with Crippen molar-refractivity contribution in [3.05, 3.63) is 84.4 Å². The van der Waals surface area contributed by atoms with Crippen LogP contribution in [0.5, 0.6) is 0 Å². The number of amides is 1. The Morgan fingerprint density at radius 3 is 2.59 bits per heavy atom. The summed E-state index contributed by atoms with van der Waals surface area (Å²) in [5, 5.41) is 1.09. The molecule has 182 valence electrons. The highest BCUT2D eigenvalue weighted by molar-refractivity contribution is 5.86. The summed E-state index contributed by atoms with van der Waals surface area (Å²) in [5.41, 5.74) is 6.66. The smallest absolute Gasteiger partial charge is 0.225 e. The summed E-state index contributed by atoms with van der Waals surface area (Å²) >= 11 is 0. The monoisotopic (exact) mass is 486 g/mol. The maximum Gasteiger partial charge on any atom is 0.225 e. The van der Waals surface area contributed by atoms with Gasteiger partial charge in [0, 0.05) is 36.5 Å². The van der Waals surface area contributed by atoms with Gasteiger partial charge in [-0.05, 0) is 66.6 Å². The second-order valence-corrected chi connectivity index (χ2v) is 10.3. The Hall–Kier alpha value is -4.37. The number of benzene rings is 3. The largest absolute Gasteiger partial charge is 0.464 e. The van der Waals surface area contributed by atoms with Crippen LogP contribution in [0.1, 0.15) is 19.3 Å². The van der Waals surface area contributed by atoms with E-state index in [9.17, 15) is 4.79 Å². The van der Waals surface area contributed by atoms with Gasteiger partial charge in [0.25, 0.3) is 0 Å². The van der Waals surface area contributed by atoms with Crippen LogP contribution in [-0.4, -0.2) is 33.4 Å². The minimum atomic E-state index is 0.267. The van der Waals surface area contributed by atoms with Crippen LogP contribution in [0.25, 0.3) is 49.4 Å². The quantitative estimate of drug-likeness (QED) is 0.253. The summed E-state index contributed by atoms with van der Waals surface area (Å²) in [6.07, 6.45) is 4.82. The molecule has 1 aliphatic heterocycles. The lowest BCUT2D eigenvalue weighted by Gasteiger charge is -2.18. The van der Waals surface area contributed by atoms with E-state index in [1.807, 2.05) is 30.3 Å². The Morgan fingerprint density at radius 1 is 0.973 bits per heavy atom. The number of rotatable bonds is 5. The van der Waals surface area contributed by atoms with Crippen molar-refractivity contribution in [2.75, 3.05) is 13.1 Å². The number of hydrogen-bond acceptors (Lipinski definition) is 3. The molecule has 6 nitrogen and oxygen atoms in total. The predicted molar refractivity (Wildman–Crippen MR) is 144 cm³/mol. The van der Waals surface area contributed by atoms with Gasteiger partial charge in [-0.1, -0.05) is 36.4 Å². The fourth-order valence-electron chi connectivity index (χ4n) is 5.58. The van der Waals surface area contributed by atoms with Crippen molar-refractivity contribution in [1.82, 2.24) is 14.5 Å². The second kappa shape index (κ2) is 8.63. The lowest BCUT2D eigenvalue weighted by atomic mass is 10.0. The molecule has 37 heavy (non-hydrogen) atoms. The van der Waals surface area contributed by atoms with Gasteiger partial charge in [0.2, 0.25) is 5.91 Å². The summed E-state index contributed by atoms with van der Waals surface area (Å²) in [5.74, 6) is 1.90. The van der Waals surface area contributed by atoms with Gasteiger partial charge in [0.15, 0.2) is 5.69 Å². The van der Waals surface area contributed by atoms with E-state index in [0.29, 0.717) is 17.5 Å². The molecular formula is C31H26N4O2. The van der Waals surface area contributed by atoms with E-state index in [1.165, 1.54) is 0 Å². The highest BCUT2D eigenvalue weighted by Gasteiger charge is 2.36. The number of likely N-dealkylation sites (tertiary alicyclic amines) is 1. The molecule has 7 rings (SSSR count). The highest BCUT2D eigenvalue weighted by atomic mass is 16.3. The van der Waals surface area contributed by atoms with Gasteiger partial charge >= 0.3 is 0 Å². The number of carbonyl (C=O) groups excluding carboxylic acids is 1. The number of fused-ring (bicyclic) bond motifs is 2. The SMILES string of the molecule is [C-]#[N+]c1ccc2c(c1)nc(-c1ccc(-c3ccc4occc4c3)cc1)n2C[C@@H]1CCN(C(=O)C2CC2)C1. The summed E-state index contributed by atoms with van der Waals surface area (Å²) in [4.78, 5) is 23.3. The fraction of sp³-hybridized carbons (Fsp3) is 0.258. The van der Waals surface area contributed by atoms with Crippen LogP contribution in [0.4, 0.5) is 5.69 Å². The van der Waals surface area contributed by atoms with Crippen LogP contribution >= 0.6 is 0 Å². The van der Waals surface area contributed by atoms with Crippen LogP contribution in [0, 0.1) is 18.4 Å². The standard InChI is InChI=1S/C31H26N4O2/c1-32-26-9-10-28-27(17-26)33-30(35(28)19-20-12-14-34(18-20)31(36)23-6-7-23)22-4-2-21(3-5-22)24-8-11-29-25(16-24)13-15-37-29/h2-5,8-11,13,15-17,20,23H,6-7,12,14,18-19H2/t20-/m1/s1. The summed E-state index contributed by atoms with van der Waals surface area (Å²) in [7, 11) is 0. The molecule has 5 aromatic rings. The number of hydrogen-bond donors (Lipinski definition) is 0. The van der Waals surface area contributed by atoms with E-state index in [-0.39, 0.29) is 5.92 Å². The molecule has 0 unspecified atom stereocenters. The first kappa shape index (κ1) is 21.9. The molecule has 0 N–H and O–H groups in total. The first-order valence-corrected chi connectivity index (χ1v) is 12.9. The molecule has 2 aliphatic rings. The Labute approximate surface area is 215 Å². The zero-order valence-corrected chi connectivity index (χ0v) is 20.4. The molecule has 0 bridgehead atoms. The van der Waals surface area contributed by atoms with Crippen molar-refractivity contribution in [2.24, 2.45) is 11.8 Å². The molecule has 1 saturated heterocycles. The zero-order chi connectivity index (χ0) is 24.9. The normalized spacial score (nSPS) is 17.5. The average Bonchev–Trinajstić information content (AvgIpc) is 3.33. The fourth-order valence-corrected chi connectivity index (χ4v) is 5.58. The van der Waals surface area contributed by atoms with Gasteiger partial charge in [-0.2, -0.15) is 0 Å². The minimum absolute atomic E-state index is 0.267. The molecule has 2 fully saturated rings. The molecule has 3 heterocycles. The van der Waals surface area contributed by atoms with E-state index in [0.717, 1.165) is 83.4 Å². The lowest BCUT2D eigenvalue weighted by Crippen LogP contribution is -2.30. The molecule has 6 heteroatoms. The van der Waals surface area contributed by atoms with E-state index in [4.69, 9.17) is 16.0 Å². The highest BCUT2D eigenvalue weighted by Crippen LogP contribution is 2.35. The van der Waals surface area contributed by atoms with Gasteiger partial charge in [-0.25, -0.2) is 9.83 Å². The van der Waals surface area contributed by atoms with E-state index in [2.05, 4.69) is 50.7 Å². The Balaban J connectivity index is 1.22. The predicted octanol–water partition coefficient (Wildman–Crippen LogP) is 6.93. The molecule has 1 atom stereocenters. The van der Waals surface area contributed by atoms with E-state index in [1.54, 1.807) is 6.26 Å². The first-order valence-electron chi connectivity index (χ1n) is 12.9. The first-order chi connectivity index (χ1) is 18.2. The minimum Gasteiger partial charge on any atom is -0.464 e. The number of carbonyl (C=O) groups is 1. The van der Waals surface area contributed by atoms with Gasteiger partial charge < -0.3 is 13.9 Å². The van der Waals surface area contributed by atoms with Crippen molar-refractivity contribution >= 4 is 33.6 Å². The lowest BCUT2D eigenvalue weighted by molar-refractivity contribution is -0.131. The number of furan rings is 1. The van der Waals surface area contributed by atoms with Crippen molar-refractivity contribution in [3.63, 3.8) is 0 Å².